The molecule has 0 amide bonds. The summed E-state index contributed by atoms with van der Waals surface area (Å²) in [5.74, 6) is 2.64. The number of methoxy groups -OCH3 is 1. The van der Waals surface area contributed by atoms with Crippen LogP contribution in [0.4, 0.5) is 0 Å². The van der Waals surface area contributed by atoms with E-state index in [0.29, 0.717) is 18.1 Å². The minimum Gasteiger partial charge on any atom is -0.469 e. The Bertz CT molecular complexity index is 415. The lowest BCUT2D eigenvalue weighted by Gasteiger charge is -2.29. The summed E-state index contributed by atoms with van der Waals surface area (Å²) in [7, 11) is 1.36. The molecule has 0 saturated carbocycles. The van der Waals surface area contributed by atoms with Crippen molar-refractivity contribution in [3.63, 3.8) is 0 Å². The number of carbonyl (C=O) groups is 1. The van der Waals surface area contributed by atoms with E-state index in [-0.39, 0.29) is 12.4 Å². The van der Waals surface area contributed by atoms with Gasteiger partial charge >= 0.3 is 5.97 Å². The van der Waals surface area contributed by atoms with E-state index in [1.54, 1.807) is 0 Å². The molecule has 2 heterocycles. The van der Waals surface area contributed by atoms with Crippen molar-refractivity contribution in [3.05, 3.63) is 11.7 Å². The third-order valence-corrected chi connectivity index (χ3v) is 4.25. The second-order valence-electron chi connectivity index (χ2n) is 4.40. The van der Waals surface area contributed by atoms with Gasteiger partial charge in [0.05, 0.1) is 19.1 Å². The fourth-order valence-electron chi connectivity index (χ4n) is 1.86. The number of ether oxygens (including phenoxy) is 1. The molecule has 1 fully saturated rings. The molecule has 1 unspecified atom stereocenters. The molecule has 1 aliphatic rings. The van der Waals surface area contributed by atoms with Gasteiger partial charge < -0.3 is 15.0 Å². The third-order valence-electron chi connectivity index (χ3n) is 2.96. The van der Waals surface area contributed by atoms with Crippen LogP contribution in [0.5, 0.6) is 0 Å². The van der Waals surface area contributed by atoms with Gasteiger partial charge in [-0.05, 0) is 18.6 Å². The van der Waals surface area contributed by atoms with Gasteiger partial charge in [-0.2, -0.15) is 16.7 Å². The second kappa shape index (κ2) is 5.71. The zero-order valence-corrected chi connectivity index (χ0v) is 11.2. The highest BCUT2D eigenvalue weighted by molar-refractivity contribution is 7.99. The predicted octanol–water partition coefficient (Wildman–Crippen LogP) is 0.856. The maximum Gasteiger partial charge on any atom is 0.306 e. The third kappa shape index (κ3) is 3.02. The first-order valence-corrected chi connectivity index (χ1v) is 7.06. The molecule has 1 atom stereocenters. The van der Waals surface area contributed by atoms with Gasteiger partial charge in [-0.25, -0.2) is 0 Å². The van der Waals surface area contributed by atoms with Crippen molar-refractivity contribution in [3.8, 4) is 0 Å². The van der Waals surface area contributed by atoms with Crippen LogP contribution in [0.15, 0.2) is 4.52 Å². The zero-order chi connectivity index (χ0) is 13.0. The van der Waals surface area contributed by atoms with E-state index < -0.39 is 5.54 Å². The van der Waals surface area contributed by atoms with Crippen molar-refractivity contribution in [2.75, 3.05) is 18.6 Å². The monoisotopic (exact) mass is 271 g/mol. The standard InChI is InChI=1S/C11H17N3O3S/c1-16-9(15)4-3-8-13-10(14-17-8)11(12)5-2-6-18-7-11/h2-7,12H2,1H3. The summed E-state index contributed by atoms with van der Waals surface area (Å²) in [5, 5.41) is 3.94. The minimum atomic E-state index is -0.490. The van der Waals surface area contributed by atoms with Gasteiger partial charge in [-0.3, -0.25) is 4.79 Å². The molecule has 0 radical (unpaired) electrons. The van der Waals surface area contributed by atoms with Crippen LogP contribution in [0.3, 0.4) is 0 Å². The summed E-state index contributed by atoms with van der Waals surface area (Å²) < 4.78 is 9.68. The molecule has 1 aliphatic heterocycles. The molecule has 7 heteroatoms. The number of esters is 1. The van der Waals surface area contributed by atoms with Crippen LogP contribution in [0.2, 0.25) is 0 Å². The second-order valence-corrected chi connectivity index (χ2v) is 5.51. The zero-order valence-electron chi connectivity index (χ0n) is 10.3. The predicted molar refractivity (Wildman–Crippen MR) is 67.1 cm³/mol. The van der Waals surface area contributed by atoms with E-state index >= 15 is 0 Å². The van der Waals surface area contributed by atoms with Gasteiger partial charge in [-0.1, -0.05) is 5.16 Å². The largest absolute Gasteiger partial charge is 0.469 e. The number of hydrogen-bond donors (Lipinski definition) is 1. The average Bonchev–Trinajstić information content (AvgIpc) is 2.86. The molecular weight excluding hydrogens is 254 g/mol. The van der Waals surface area contributed by atoms with Crippen LogP contribution in [-0.4, -0.2) is 34.7 Å². The lowest BCUT2D eigenvalue weighted by molar-refractivity contribution is -0.140. The molecule has 2 N–H and O–H groups in total. The van der Waals surface area contributed by atoms with E-state index in [4.69, 9.17) is 10.3 Å². The minimum absolute atomic E-state index is 0.241. The number of carbonyl (C=O) groups excluding carboxylic acids is 1. The van der Waals surface area contributed by atoms with E-state index in [1.807, 2.05) is 11.8 Å². The average molecular weight is 271 g/mol. The smallest absolute Gasteiger partial charge is 0.306 e. The Labute approximate surface area is 110 Å². The van der Waals surface area contributed by atoms with Gasteiger partial charge in [0.15, 0.2) is 5.82 Å². The molecule has 0 bridgehead atoms. The van der Waals surface area contributed by atoms with Crippen molar-refractivity contribution >= 4 is 17.7 Å². The number of nitrogens with zero attached hydrogens (tertiary/aromatic N) is 2. The summed E-state index contributed by atoms with van der Waals surface area (Å²) in [5.41, 5.74) is 5.79. The van der Waals surface area contributed by atoms with Crippen LogP contribution >= 0.6 is 11.8 Å². The maximum atomic E-state index is 11.0. The number of rotatable bonds is 4. The molecular formula is C11H17N3O3S. The van der Waals surface area contributed by atoms with E-state index in [9.17, 15) is 4.79 Å². The Morgan fingerprint density at radius 2 is 2.50 bits per heavy atom. The van der Waals surface area contributed by atoms with Crippen LogP contribution in [0.25, 0.3) is 0 Å². The maximum absolute atomic E-state index is 11.0. The molecule has 1 saturated heterocycles. The van der Waals surface area contributed by atoms with Crippen molar-refractivity contribution in [2.45, 2.75) is 31.2 Å². The lowest BCUT2D eigenvalue weighted by atomic mass is 9.96. The molecule has 18 heavy (non-hydrogen) atoms. The van der Waals surface area contributed by atoms with Crippen LogP contribution in [-0.2, 0) is 21.5 Å². The fraction of sp³-hybridized carbons (Fsp3) is 0.727. The number of nitrogens with two attached hydrogens (primary N) is 1. The Kier molecular flexibility index (Phi) is 4.23. The van der Waals surface area contributed by atoms with Crippen molar-refractivity contribution in [2.24, 2.45) is 5.73 Å². The topological polar surface area (TPSA) is 91.2 Å². The summed E-state index contributed by atoms with van der Waals surface area (Å²) in [4.78, 5) is 15.3. The Hall–Kier alpha value is -1.08. The molecule has 1 aromatic heterocycles. The van der Waals surface area contributed by atoms with E-state index in [2.05, 4.69) is 14.9 Å². The summed E-state index contributed by atoms with van der Waals surface area (Å²) in [6.45, 7) is 0. The first-order chi connectivity index (χ1) is 8.64. The highest BCUT2D eigenvalue weighted by atomic mass is 32.2. The number of thioether (sulfide) groups is 1. The quantitative estimate of drug-likeness (QED) is 0.812. The first-order valence-electron chi connectivity index (χ1n) is 5.90. The van der Waals surface area contributed by atoms with Crippen molar-refractivity contribution in [1.29, 1.82) is 0 Å². The Morgan fingerprint density at radius 1 is 1.67 bits per heavy atom. The fourth-order valence-corrected chi connectivity index (χ4v) is 2.99. The SMILES string of the molecule is COC(=O)CCc1nc(C2(N)CCCSC2)no1. The van der Waals surface area contributed by atoms with E-state index in [1.165, 1.54) is 7.11 Å². The van der Waals surface area contributed by atoms with E-state index in [0.717, 1.165) is 24.3 Å². The van der Waals surface area contributed by atoms with Gasteiger partial charge in [-0.15, -0.1) is 0 Å². The number of hydrogen-bond acceptors (Lipinski definition) is 7. The summed E-state index contributed by atoms with van der Waals surface area (Å²) >= 11 is 1.81. The van der Waals surface area contributed by atoms with Gasteiger partial charge in [0.2, 0.25) is 5.89 Å². The van der Waals surface area contributed by atoms with Gasteiger partial charge in [0, 0.05) is 12.2 Å². The first kappa shape index (κ1) is 13.4. The Morgan fingerprint density at radius 3 is 3.17 bits per heavy atom. The van der Waals surface area contributed by atoms with Crippen molar-refractivity contribution in [1.82, 2.24) is 10.1 Å². The van der Waals surface area contributed by atoms with Crippen molar-refractivity contribution < 1.29 is 14.1 Å². The lowest BCUT2D eigenvalue weighted by Crippen LogP contribution is -2.42. The number of aromatic nitrogens is 2. The molecule has 0 aromatic carbocycles. The van der Waals surface area contributed by atoms with Crippen LogP contribution in [0.1, 0.15) is 31.0 Å². The highest BCUT2D eigenvalue weighted by Crippen LogP contribution is 2.31. The number of aryl methyl sites for hydroxylation is 1. The normalized spacial score (nSPS) is 23.9. The highest BCUT2D eigenvalue weighted by Gasteiger charge is 2.34. The van der Waals surface area contributed by atoms with Gasteiger partial charge in [0.1, 0.15) is 0 Å². The molecule has 0 spiro atoms. The summed E-state index contributed by atoms with van der Waals surface area (Å²) in [6, 6.07) is 0. The molecule has 1 aromatic rings. The van der Waals surface area contributed by atoms with Gasteiger partial charge in [0.25, 0.3) is 0 Å². The molecule has 6 nitrogen and oxygen atoms in total. The molecule has 0 aliphatic carbocycles. The van der Waals surface area contributed by atoms with Crippen LogP contribution < -0.4 is 5.73 Å². The Balaban J connectivity index is 1.98. The molecule has 100 valence electrons. The summed E-state index contributed by atoms with van der Waals surface area (Å²) in [6.07, 6.45) is 2.57. The molecule has 2 rings (SSSR count). The van der Waals surface area contributed by atoms with Crippen LogP contribution in [0, 0.1) is 0 Å².